The van der Waals surface area contributed by atoms with Crippen LogP contribution in [-0.4, -0.2) is 37.4 Å². The summed E-state index contributed by atoms with van der Waals surface area (Å²) in [7, 11) is 0. The maximum atomic E-state index is 9.85. The van der Waals surface area contributed by atoms with Crippen LogP contribution in [0.25, 0.3) is 0 Å². The van der Waals surface area contributed by atoms with Crippen LogP contribution in [0.2, 0.25) is 0 Å². The Bertz CT molecular complexity index is 380. The Morgan fingerprint density at radius 2 is 1.88 bits per heavy atom. The highest BCUT2D eigenvalue weighted by Crippen LogP contribution is 2.26. The lowest BCUT2D eigenvalue weighted by molar-refractivity contribution is 0.185. The third-order valence-electron chi connectivity index (χ3n) is 3.32. The molecule has 0 aliphatic carbocycles. The maximum absolute atomic E-state index is 9.85. The second kappa shape index (κ2) is 5.07. The lowest BCUT2D eigenvalue weighted by Crippen LogP contribution is -2.33. The standard InChI is InChI=1S/C14H22N2O/c1-10-6-11(2)14(12(3)7-10)16-5-4-15-8-13(17)9-16/h6-7,13,15,17H,4-5,8-9H2,1-3H3. The first-order chi connectivity index (χ1) is 8.08. The van der Waals surface area contributed by atoms with E-state index in [-0.39, 0.29) is 6.10 Å². The van der Waals surface area contributed by atoms with Crippen LogP contribution in [-0.2, 0) is 0 Å². The summed E-state index contributed by atoms with van der Waals surface area (Å²) in [6.45, 7) is 9.74. The number of aryl methyl sites for hydroxylation is 3. The predicted molar refractivity (Wildman–Crippen MR) is 71.7 cm³/mol. The number of hydrogen-bond donors (Lipinski definition) is 2. The lowest BCUT2D eigenvalue weighted by Gasteiger charge is -2.28. The van der Waals surface area contributed by atoms with Gasteiger partial charge in [-0.1, -0.05) is 17.7 Å². The van der Waals surface area contributed by atoms with E-state index in [9.17, 15) is 5.11 Å². The monoisotopic (exact) mass is 234 g/mol. The molecule has 0 amide bonds. The van der Waals surface area contributed by atoms with Gasteiger partial charge in [0.2, 0.25) is 0 Å². The molecule has 1 unspecified atom stereocenters. The van der Waals surface area contributed by atoms with Gasteiger partial charge >= 0.3 is 0 Å². The minimum Gasteiger partial charge on any atom is -0.390 e. The van der Waals surface area contributed by atoms with Crippen LogP contribution >= 0.6 is 0 Å². The van der Waals surface area contributed by atoms with E-state index in [0.29, 0.717) is 6.54 Å². The molecular formula is C14H22N2O. The summed E-state index contributed by atoms with van der Waals surface area (Å²) in [5, 5.41) is 13.1. The van der Waals surface area contributed by atoms with Crippen molar-refractivity contribution in [3.05, 3.63) is 28.8 Å². The summed E-state index contributed by atoms with van der Waals surface area (Å²) in [4.78, 5) is 2.30. The van der Waals surface area contributed by atoms with Gasteiger partial charge in [0.25, 0.3) is 0 Å². The smallest absolute Gasteiger partial charge is 0.0839 e. The molecule has 0 spiro atoms. The molecule has 1 aliphatic rings. The molecule has 2 N–H and O–H groups in total. The molecule has 0 radical (unpaired) electrons. The average molecular weight is 234 g/mol. The van der Waals surface area contributed by atoms with Crippen LogP contribution in [0.3, 0.4) is 0 Å². The van der Waals surface area contributed by atoms with E-state index in [0.717, 1.165) is 19.6 Å². The Labute approximate surface area is 103 Å². The predicted octanol–water partition coefficient (Wildman–Crippen LogP) is 1.38. The van der Waals surface area contributed by atoms with Crippen LogP contribution in [0.5, 0.6) is 0 Å². The zero-order chi connectivity index (χ0) is 12.4. The van der Waals surface area contributed by atoms with E-state index in [1.807, 2.05) is 0 Å². The van der Waals surface area contributed by atoms with Crippen molar-refractivity contribution in [3.8, 4) is 0 Å². The van der Waals surface area contributed by atoms with Gasteiger partial charge < -0.3 is 15.3 Å². The van der Waals surface area contributed by atoms with Gasteiger partial charge in [-0.25, -0.2) is 0 Å². The minimum absolute atomic E-state index is 0.280. The number of aliphatic hydroxyl groups excluding tert-OH is 1. The van der Waals surface area contributed by atoms with Crippen molar-refractivity contribution in [2.24, 2.45) is 0 Å². The first-order valence-corrected chi connectivity index (χ1v) is 6.29. The van der Waals surface area contributed by atoms with Crippen LogP contribution in [0, 0.1) is 20.8 Å². The Hall–Kier alpha value is -1.06. The van der Waals surface area contributed by atoms with Gasteiger partial charge in [0.15, 0.2) is 0 Å². The molecule has 1 fully saturated rings. The Morgan fingerprint density at radius 3 is 2.53 bits per heavy atom. The number of β-amino-alcohol motifs (C(OH)–C–C–N with tert-alkyl or cyclic N) is 1. The molecule has 1 aromatic carbocycles. The molecule has 17 heavy (non-hydrogen) atoms. The molecule has 1 aromatic rings. The van der Waals surface area contributed by atoms with E-state index in [4.69, 9.17) is 0 Å². The second-order valence-electron chi connectivity index (χ2n) is 5.05. The number of rotatable bonds is 1. The molecule has 1 saturated heterocycles. The number of benzene rings is 1. The van der Waals surface area contributed by atoms with E-state index >= 15 is 0 Å². The fourth-order valence-corrected chi connectivity index (χ4v) is 2.77. The maximum Gasteiger partial charge on any atom is 0.0839 e. The fourth-order valence-electron chi connectivity index (χ4n) is 2.77. The lowest BCUT2D eigenvalue weighted by atomic mass is 10.0. The van der Waals surface area contributed by atoms with Gasteiger partial charge in [0.1, 0.15) is 0 Å². The van der Waals surface area contributed by atoms with Crippen molar-refractivity contribution in [1.82, 2.24) is 5.32 Å². The van der Waals surface area contributed by atoms with Gasteiger partial charge in [-0.3, -0.25) is 0 Å². The molecule has 1 aliphatic heterocycles. The first-order valence-electron chi connectivity index (χ1n) is 6.29. The molecule has 0 saturated carbocycles. The van der Waals surface area contributed by atoms with Gasteiger partial charge in [0, 0.05) is 31.9 Å². The highest BCUT2D eigenvalue weighted by atomic mass is 16.3. The molecule has 3 nitrogen and oxygen atoms in total. The summed E-state index contributed by atoms with van der Waals surface area (Å²) < 4.78 is 0. The van der Waals surface area contributed by atoms with Crippen molar-refractivity contribution in [3.63, 3.8) is 0 Å². The summed E-state index contributed by atoms with van der Waals surface area (Å²) >= 11 is 0. The quantitative estimate of drug-likeness (QED) is 0.770. The number of anilines is 1. The molecule has 2 rings (SSSR count). The largest absolute Gasteiger partial charge is 0.390 e. The van der Waals surface area contributed by atoms with Crippen molar-refractivity contribution < 1.29 is 5.11 Å². The van der Waals surface area contributed by atoms with Crippen LogP contribution in [0.15, 0.2) is 12.1 Å². The SMILES string of the molecule is Cc1cc(C)c(N2CCNCC(O)C2)c(C)c1. The zero-order valence-corrected chi connectivity index (χ0v) is 11.0. The van der Waals surface area contributed by atoms with Gasteiger partial charge in [-0.15, -0.1) is 0 Å². The molecule has 0 bridgehead atoms. The minimum atomic E-state index is -0.280. The zero-order valence-electron chi connectivity index (χ0n) is 11.0. The normalized spacial score (nSPS) is 21.4. The van der Waals surface area contributed by atoms with E-state index in [1.165, 1.54) is 22.4 Å². The van der Waals surface area contributed by atoms with Crippen molar-refractivity contribution in [2.75, 3.05) is 31.1 Å². The Morgan fingerprint density at radius 1 is 1.24 bits per heavy atom. The van der Waals surface area contributed by atoms with E-state index < -0.39 is 0 Å². The fraction of sp³-hybridized carbons (Fsp3) is 0.571. The Kier molecular flexibility index (Phi) is 3.69. The third-order valence-corrected chi connectivity index (χ3v) is 3.32. The Balaban J connectivity index is 2.32. The van der Waals surface area contributed by atoms with Gasteiger partial charge in [0.05, 0.1) is 6.10 Å². The van der Waals surface area contributed by atoms with Gasteiger partial charge in [-0.2, -0.15) is 0 Å². The number of aliphatic hydroxyl groups is 1. The van der Waals surface area contributed by atoms with E-state index in [2.05, 4.69) is 43.1 Å². The van der Waals surface area contributed by atoms with E-state index in [1.54, 1.807) is 0 Å². The second-order valence-corrected chi connectivity index (χ2v) is 5.05. The molecule has 0 aromatic heterocycles. The molecule has 1 heterocycles. The topological polar surface area (TPSA) is 35.5 Å². The highest BCUT2D eigenvalue weighted by molar-refractivity contribution is 5.60. The average Bonchev–Trinajstić information content (AvgIpc) is 2.41. The molecule has 3 heteroatoms. The summed E-state index contributed by atoms with van der Waals surface area (Å²) in [6, 6.07) is 4.43. The summed E-state index contributed by atoms with van der Waals surface area (Å²) in [5.41, 5.74) is 5.20. The highest BCUT2D eigenvalue weighted by Gasteiger charge is 2.18. The van der Waals surface area contributed by atoms with Crippen molar-refractivity contribution in [1.29, 1.82) is 0 Å². The number of nitrogens with one attached hydrogen (secondary N) is 1. The van der Waals surface area contributed by atoms with Crippen LogP contribution in [0.1, 0.15) is 16.7 Å². The third kappa shape index (κ3) is 2.79. The van der Waals surface area contributed by atoms with Crippen molar-refractivity contribution in [2.45, 2.75) is 26.9 Å². The molecule has 1 atom stereocenters. The number of hydrogen-bond acceptors (Lipinski definition) is 3. The van der Waals surface area contributed by atoms with Gasteiger partial charge in [-0.05, 0) is 31.9 Å². The molecule has 94 valence electrons. The van der Waals surface area contributed by atoms with Crippen LogP contribution < -0.4 is 10.2 Å². The summed E-state index contributed by atoms with van der Waals surface area (Å²) in [5.74, 6) is 0. The summed E-state index contributed by atoms with van der Waals surface area (Å²) in [6.07, 6.45) is -0.280. The van der Waals surface area contributed by atoms with Crippen LogP contribution in [0.4, 0.5) is 5.69 Å². The molecular weight excluding hydrogens is 212 g/mol. The first kappa shape index (κ1) is 12.4. The van der Waals surface area contributed by atoms with Crippen molar-refractivity contribution >= 4 is 5.69 Å². The number of nitrogens with zero attached hydrogens (tertiary/aromatic N) is 1.